The van der Waals surface area contributed by atoms with Gasteiger partial charge in [0.15, 0.2) is 0 Å². The number of amides is 1. The monoisotopic (exact) mass is 199 g/mol. The number of aliphatic hydroxyl groups is 1. The minimum Gasteiger partial charge on any atom is -0.393 e. The van der Waals surface area contributed by atoms with Crippen molar-refractivity contribution >= 4 is 5.91 Å². The first-order chi connectivity index (χ1) is 6.77. The van der Waals surface area contributed by atoms with Crippen LogP contribution in [0.2, 0.25) is 0 Å². The molecule has 0 unspecified atom stereocenters. The Balaban J connectivity index is 1.85. The molecule has 0 saturated carbocycles. The predicted octanol–water partition coefficient (Wildman–Crippen LogP) is 0.149. The Hall–Kier alpha value is -0.610. The van der Waals surface area contributed by atoms with Gasteiger partial charge in [-0.1, -0.05) is 0 Å². The van der Waals surface area contributed by atoms with Crippen LogP contribution in [0.5, 0.6) is 0 Å². The SMILES string of the molecule is O=C([C@@H]1CCCO1)N1CCC(O)CC1. The van der Waals surface area contributed by atoms with Gasteiger partial charge in [-0.3, -0.25) is 4.79 Å². The van der Waals surface area contributed by atoms with Gasteiger partial charge in [0.25, 0.3) is 5.91 Å². The third-order valence-corrected chi connectivity index (χ3v) is 2.98. The Bertz CT molecular complexity index is 205. The highest BCUT2D eigenvalue weighted by Crippen LogP contribution is 2.17. The molecule has 0 radical (unpaired) electrons. The topological polar surface area (TPSA) is 49.8 Å². The Morgan fingerprint density at radius 2 is 2.00 bits per heavy atom. The summed E-state index contributed by atoms with van der Waals surface area (Å²) in [6.45, 7) is 2.08. The van der Waals surface area contributed by atoms with E-state index in [4.69, 9.17) is 4.74 Å². The summed E-state index contributed by atoms with van der Waals surface area (Å²) < 4.78 is 5.34. The molecule has 4 nitrogen and oxygen atoms in total. The van der Waals surface area contributed by atoms with Crippen LogP contribution in [0.25, 0.3) is 0 Å². The lowest BCUT2D eigenvalue weighted by atomic mass is 10.1. The summed E-state index contributed by atoms with van der Waals surface area (Å²) >= 11 is 0. The van der Waals surface area contributed by atoms with Gasteiger partial charge in [0, 0.05) is 19.7 Å². The number of hydrogen-bond donors (Lipinski definition) is 1. The van der Waals surface area contributed by atoms with Crippen molar-refractivity contribution in [1.82, 2.24) is 4.90 Å². The van der Waals surface area contributed by atoms with Crippen molar-refractivity contribution in [2.24, 2.45) is 0 Å². The second-order valence-corrected chi connectivity index (χ2v) is 4.06. The van der Waals surface area contributed by atoms with Gasteiger partial charge < -0.3 is 14.7 Å². The smallest absolute Gasteiger partial charge is 0.251 e. The molecule has 0 aliphatic carbocycles. The lowest BCUT2D eigenvalue weighted by molar-refractivity contribution is -0.142. The summed E-state index contributed by atoms with van der Waals surface area (Å²) in [4.78, 5) is 13.6. The standard InChI is InChI=1S/C10H17NO3/c12-8-3-5-11(6-4-8)10(13)9-2-1-7-14-9/h8-9,12H,1-7H2/t9-/m0/s1. The highest BCUT2D eigenvalue weighted by atomic mass is 16.5. The Kier molecular flexibility index (Phi) is 3.03. The molecule has 4 heteroatoms. The van der Waals surface area contributed by atoms with Crippen LogP contribution in [-0.4, -0.2) is 47.8 Å². The van der Waals surface area contributed by atoms with E-state index in [-0.39, 0.29) is 18.1 Å². The summed E-state index contributed by atoms with van der Waals surface area (Å²) in [5.41, 5.74) is 0. The highest BCUT2D eigenvalue weighted by molar-refractivity contribution is 5.81. The first-order valence-electron chi connectivity index (χ1n) is 5.36. The molecule has 0 aromatic carbocycles. The Morgan fingerprint density at radius 1 is 1.29 bits per heavy atom. The van der Waals surface area contributed by atoms with Crippen molar-refractivity contribution in [3.05, 3.63) is 0 Å². The molecule has 2 heterocycles. The number of hydrogen-bond acceptors (Lipinski definition) is 3. The molecule has 1 N–H and O–H groups in total. The molecular formula is C10H17NO3. The molecular weight excluding hydrogens is 182 g/mol. The van der Waals surface area contributed by atoms with Crippen molar-refractivity contribution in [3.63, 3.8) is 0 Å². The minimum atomic E-state index is -0.219. The van der Waals surface area contributed by atoms with E-state index in [0.29, 0.717) is 32.5 Å². The molecule has 0 aromatic rings. The quantitative estimate of drug-likeness (QED) is 0.654. The molecule has 2 rings (SSSR count). The number of rotatable bonds is 1. The van der Waals surface area contributed by atoms with Crippen LogP contribution < -0.4 is 0 Å². The Morgan fingerprint density at radius 3 is 2.57 bits per heavy atom. The molecule has 2 aliphatic rings. The molecule has 2 fully saturated rings. The largest absolute Gasteiger partial charge is 0.393 e. The van der Waals surface area contributed by atoms with Crippen LogP contribution in [0.3, 0.4) is 0 Å². The van der Waals surface area contributed by atoms with Crippen molar-refractivity contribution in [2.75, 3.05) is 19.7 Å². The maximum atomic E-state index is 11.8. The van der Waals surface area contributed by atoms with E-state index in [1.54, 1.807) is 0 Å². The molecule has 1 amide bonds. The molecule has 1 atom stereocenters. The fourth-order valence-electron chi connectivity index (χ4n) is 2.06. The second kappa shape index (κ2) is 4.28. The zero-order valence-corrected chi connectivity index (χ0v) is 8.32. The summed E-state index contributed by atoms with van der Waals surface area (Å²) in [6, 6.07) is 0. The third kappa shape index (κ3) is 2.07. The van der Waals surface area contributed by atoms with Gasteiger partial charge in [-0.05, 0) is 25.7 Å². The Labute approximate surface area is 83.8 Å². The summed E-state index contributed by atoms with van der Waals surface area (Å²) in [6.07, 6.45) is 2.84. The number of ether oxygens (including phenoxy) is 1. The van der Waals surface area contributed by atoms with Gasteiger partial charge in [-0.15, -0.1) is 0 Å². The molecule has 2 aliphatic heterocycles. The van der Waals surface area contributed by atoms with Crippen molar-refractivity contribution in [2.45, 2.75) is 37.9 Å². The van der Waals surface area contributed by atoms with Crippen molar-refractivity contribution in [3.8, 4) is 0 Å². The molecule has 14 heavy (non-hydrogen) atoms. The fourth-order valence-corrected chi connectivity index (χ4v) is 2.06. The van der Waals surface area contributed by atoms with Gasteiger partial charge in [-0.25, -0.2) is 0 Å². The summed E-state index contributed by atoms with van der Waals surface area (Å²) in [7, 11) is 0. The van der Waals surface area contributed by atoms with E-state index in [9.17, 15) is 9.90 Å². The lowest BCUT2D eigenvalue weighted by Crippen LogP contribution is -2.44. The number of carbonyl (C=O) groups excluding carboxylic acids is 1. The first kappa shape index (κ1) is 9.93. The maximum absolute atomic E-state index is 11.8. The van der Waals surface area contributed by atoms with Crippen molar-refractivity contribution < 1.29 is 14.6 Å². The third-order valence-electron chi connectivity index (χ3n) is 2.98. The van der Waals surface area contributed by atoms with Crippen LogP contribution >= 0.6 is 0 Å². The van der Waals surface area contributed by atoms with Crippen molar-refractivity contribution in [1.29, 1.82) is 0 Å². The number of likely N-dealkylation sites (tertiary alicyclic amines) is 1. The van der Waals surface area contributed by atoms with Gasteiger partial charge in [-0.2, -0.15) is 0 Å². The number of piperidine rings is 1. The van der Waals surface area contributed by atoms with Gasteiger partial charge in [0.2, 0.25) is 0 Å². The lowest BCUT2D eigenvalue weighted by Gasteiger charge is -2.31. The predicted molar refractivity (Wildman–Crippen MR) is 50.8 cm³/mol. The normalized spacial score (nSPS) is 29.5. The van der Waals surface area contributed by atoms with Gasteiger partial charge in [0.1, 0.15) is 6.10 Å². The first-order valence-corrected chi connectivity index (χ1v) is 5.36. The van der Waals surface area contributed by atoms with Gasteiger partial charge >= 0.3 is 0 Å². The molecule has 0 spiro atoms. The molecule has 0 bridgehead atoms. The highest BCUT2D eigenvalue weighted by Gasteiger charge is 2.30. The second-order valence-electron chi connectivity index (χ2n) is 4.06. The van der Waals surface area contributed by atoms with E-state index < -0.39 is 0 Å². The van der Waals surface area contributed by atoms with E-state index in [2.05, 4.69) is 0 Å². The fraction of sp³-hybridized carbons (Fsp3) is 0.900. The number of carbonyl (C=O) groups is 1. The maximum Gasteiger partial charge on any atom is 0.251 e. The van der Waals surface area contributed by atoms with Crippen LogP contribution in [-0.2, 0) is 9.53 Å². The minimum absolute atomic E-state index is 0.120. The van der Waals surface area contributed by atoms with Gasteiger partial charge in [0.05, 0.1) is 6.10 Å². The summed E-state index contributed by atoms with van der Waals surface area (Å²) in [5.74, 6) is 0.120. The van der Waals surface area contributed by atoms with E-state index in [0.717, 1.165) is 12.8 Å². The average molecular weight is 199 g/mol. The average Bonchev–Trinajstić information content (AvgIpc) is 2.71. The van der Waals surface area contributed by atoms with Crippen LogP contribution in [0.1, 0.15) is 25.7 Å². The summed E-state index contributed by atoms with van der Waals surface area (Å²) in [5, 5.41) is 9.30. The number of nitrogens with zero attached hydrogens (tertiary/aromatic N) is 1. The van der Waals surface area contributed by atoms with Crippen LogP contribution in [0.4, 0.5) is 0 Å². The van der Waals surface area contributed by atoms with E-state index in [1.807, 2.05) is 4.90 Å². The molecule has 2 saturated heterocycles. The molecule has 0 aromatic heterocycles. The van der Waals surface area contributed by atoms with E-state index >= 15 is 0 Å². The van der Waals surface area contributed by atoms with Crippen LogP contribution in [0.15, 0.2) is 0 Å². The number of aliphatic hydroxyl groups excluding tert-OH is 1. The zero-order chi connectivity index (χ0) is 9.97. The zero-order valence-electron chi connectivity index (χ0n) is 8.32. The van der Waals surface area contributed by atoms with Crippen LogP contribution in [0, 0.1) is 0 Å². The molecule has 80 valence electrons. The van der Waals surface area contributed by atoms with E-state index in [1.165, 1.54) is 0 Å².